The zero-order valence-corrected chi connectivity index (χ0v) is 13.7. The van der Waals surface area contributed by atoms with Crippen LogP contribution in [0.1, 0.15) is 25.3 Å². The van der Waals surface area contributed by atoms with Crippen molar-refractivity contribution in [1.29, 1.82) is 0 Å². The first kappa shape index (κ1) is 15.9. The molecule has 3 aromatic rings. The molecule has 5 heteroatoms. The maximum Gasteiger partial charge on any atom is 0.204 e. The summed E-state index contributed by atoms with van der Waals surface area (Å²) in [5.74, 6) is 0.110. The number of hydrogen-bond donors (Lipinski definition) is 2. The zero-order chi connectivity index (χ0) is 17.4. The molecule has 24 heavy (non-hydrogen) atoms. The van der Waals surface area contributed by atoms with Crippen molar-refractivity contribution in [3.63, 3.8) is 0 Å². The number of benzene rings is 2. The minimum Gasteiger partial charge on any atom is -0.508 e. The van der Waals surface area contributed by atoms with Crippen molar-refractivity contribution in [3.05, 3.63) is 52.2 Å². The summed E-state index contributed by atoms with van der Waals surface area (Å²) in [6.07, 6.45) is 3.77. The van der Waals surface area contributed by atoms with Crippen LogP contribution in [0.25, 0.3) is 21.9 Å². The normalized spacial score (nSPS) is 13.0. The average molecular weight is 326 g/mol. The largest absolute Gasteiger partial charge is 0.508 e. The lowest BCUT2D eigenvalue weighted by Crippen LogP contribution is -2.05. The van der Waals surface area contributed by atoms with Gasteiger partial charge in [0.25, 0.3) is 0 Å². The molecule has 0 spiro atoms. The summed E-state index contributed by atoms with van der Waals surface area (Å²) >= 11 is 0. The van der Waals surface area contributed by atoms with Gasteiger partial charge in [0.1, 0.15) is 33.8 Å². The predicted octanol–water partition coefficient (Wildman–Crippen LogP) is 4.05. The molecule has 2 aromatic carbocycles. The third-order valence-electron chi connectivity index (χ3n) is 4.08. The van der Waals surface area contributed by atoms with Crippen LogP contribution in [0, 0.1) is 0 Å². The first-order valence-corrected chi connectivity index (χ1v) is 7.60. The van der Waals surface area contributed by atoms with Gasteiger partial charge in [0.05, 0.1) is 12.5 Å². The number of phenolic OH excluding ortho intramolecular Hbond substituents is 2. The molecule has 1 unspecified atom stereocenters. The Morgan fingerprint density at radius 1 is 1.21 bits per heavy atom. The van der Waals surface area contributed by atoms with Crippen LogP contribution < -0.4 is 10.2 Å². The summed E-state index contributed by atoms with van der Waals surface area (Å²) in [4.78, 5) is 12.8. The number of allylic oxidation sites excluding steroid dienone is 2. The van der Waals surface area contributed by atoms with Crippen LogP contribution in [0.5, 0.6) is 17.2 Å². The van der Waals surface area contributed by atoms with E-state index in [1.54, 1.807) is 6.07 Å². The number of ether oxygens (including phenoxy) is 1. The van der Waals surface area contributed by atoms with Gasteiger partial charge in [-0.25, -0.2) is 0 Å². The van der Waals surface area contributed by atoms with Gasteiger partial charge in [-0.3, -0.25) is 4.79 Å². The smallest absolute Gasteiger partial charge is 0.204 e. The van der Waals surface area contributed by atoms with Gasteiger partial charge in [0.15, 0.2) is 0 Å². The molecule has 2 N–H and O–H groups in total. The van der Waals surface area contributed by atoms with Gasteiger partial charge in [-0.05, 0) is 25.1 Å². The molecule has 0 saturated carbocycles. The van der Waals surface area contributed by atoms with E-state index in [9.17, 15) is 15.0 Å². The third kappa shape index (κ3) is 2.38. The molecule has 0 aliphatic heterocycles. The molecule has 1 heterocycles. The lowest BCUT2D eigenvalue weighted by molar-refractivity contribution is 0.399. The monoisotopic (exact) mass is 326 g/mol. The van der Waals surface area contributed by atoms with Gasteiger partial charge in [0.2, 0.25) is 5.43 Å². The van der Waals surface area contributed by atoms with Crippen molar-refractivity contribution in [2.45, 2.75) is 19.8 Å². The molecule has 5 nitrogen and oxygen atoms in total. The topological polar surface area (TPSA) is 79.9 Å². The van der Waals surface area contributed by atoms with Gasteiger partial charge >= 0.3 is 0 Å². The van der Waals surface area contributed by atoms with Gasteiger partial charge in [-0.1, -0.05) is 19.1 Å². The Morgan fingerprint density at radius 2 is 1.96 bits per heavy atom. The summed E-state index contributed by atoms with van der Waals surface area (Å²) in [5.41, 5.74) is 0.705. The highest BCUT2D eigenvalue weighted by Crippen LogP contribution is 2.41. The molecule has 0 fully saturated rings. The molecule has 0 saturated heterocycles. The standard InChI is InChI=1S/C19H18O5/c1-4-5-10(2)16-14(23-3)9-15-17(19(16)22)18(21)12-8-11(20)6-7-13(12)24-15/h4-10,20,22H,1-3H3. The average Bonchev–Trinajstić information content (AvgIpc) is 2.55. The van der Waals surface area contributed by atoms with Gasteiger partial charge < -0.3 is 19.4 Å². The zero-order valence-electron chi connectivity index (χ0n) is 13.7. The highest BCUT2D eigenvalue weighted by molar-refractivity contribution is 5.95. The molecule has 0 aliphatic carbocycles. The fraction of sp³-hybridized carbons (Fsp3) is 0.211. The maximum atomic E-state index is 12.8. The fourth-order valence-corrected chi connectivity index (χ4v) is 2.97. The Balaban J connectivity index is 2.47. The molecule has 0 aliphatic rings. The fourth-order valence-electron chi connectivity index (χ4n) is 2.97. The minimum atomic E-state index is -0.392. The van der Waals surface area contributed by atoms with Crippen LogP contribution >= 0.6 is 0 Å². The molecule has 1 atom stereocenters. The highest BCUT2D eigenvalue weighted by Gasteiger charge is 2.22. The lowest BCUT2D eigenvalue weighted by atomic mass is 9.95. The number of rotatable bonds is 3. The Labute approximate surface area is 138 Å². The second kappa shape index (κ2) is 5.92. The van der Waals surface area contributed by atoms with Crippen molar-refractivity contribution in [2.75, 3.05) is 7.11 Å². The van der Waals surface area contributed by atoms with Crippen molar-refractivity contribution < 1.29 is 19.4 Å². The van der Waals surface area contributed by atoms with E-state index in [0.29, 0.717) is 16.9 Å². The maximum absolute atomic E-state index is 12.8. The summed E-state index contributed by atoms with van der Waals surface area (Å²) in [7, 11) is 1.50. The molecule has 0 radical (unpaired) electrons. The summed E-state index contributed by atoms with van der Waals surface area (Å²) in [6, 6.07) is 5.90. The van der Waals surface area contributed by atoms with E-state index in [1.165, 1.54) is 25.3 Å². The first-order valence-electron chi connectivity index (χ1n) is 7.60. The van der Waals surface area contributed by atoms with Crippen LogP contribution in [-0.4, -0.2) is 17.3 Å². The molecule has 0 amide bonds. The van der Waals surface area contributed by atoms with Crippen molar-refractivity contribution in [2.24, 2.45) is 0 Å². The molecule has 124 valence electrons. The van der Waals surface area contributed by atoms with E-state index in [-0.39, 0.29) is 33.8 Å². The second-order valence-electron chi connectivity index (χ2n) is 5.64. The number of phenols is 2. The predicted molar refractivity (Wildman–Crippen MR) is 93.1 cm³/mol. The number of hydrogen-bond acceptors (Lipinski definition) is 5. The molecular formula is C19H18O5. The summed E-state index contributed by atoms with van der Waals surface area (Å²) in [5, 5.41) is 20.6. The Kier molecular flexibility index (Phi) is 3.93. The van der Waals surface area contributed by atoms with Gasteiger partial charge in [-0.2, -0.15) is 0 Å². The molecule has 3 rings (SSSR count). The number of methoxy groups -OCH3 is 1. The van der Waals surface area contributed by atoms with E-state index in [2.05, 4.69) is 0 Å². The van der Waals surface area contributed by atoms with Crippen molar-refractivity contribution in [1.82, 2.24) is 0 Å². The van der Waals surface area contributed by atoms with Crippen LogP contribution in [0.4, 0.5) is 0 Å². The van der Waals surface area contributed by atoms with Crippen LogP contribution in [-0.2, 0) is 0 Å². The molecule has 1 aromatic heterocycles. The lowest BCUT2D eigenvalue weighted by Gasteiger charge is -2.16. The second-order valence-corrected chi connectivity index (χ2v) is 5.64. The van der Waals surface area contributed by atoms with E-state index >= 15 is 0 Å². The third-order valence-corrected chi connectivity index (χ3v) is 4.08. The van der Waals surface area contributed by atoms with Crippen molar-refractivity contribution in [3.8, 4) is 17.2 Å². The Morgan fingerprint density at radius 3 is 2.62 bits per heavy atom. The number of fused-ring (bicyclic) bond motifs is 2. The van der Waals surface area contributed by atoms with Crippen molar-refractivity contribution >= 4 is 21.9 Å². The van der Waals surface area contributed by atoms with Crippen LogP contribution in [0.2, 0.25) is 0 Å². The van der Waals surface area contributed by atoms with Crippen LogP contribution in [0.15, 0.2) is 45.6 Å². The van der Waals surface area contributed by atoms with Gasteiger partial charge in [0, 0.05) is 17.5 Å². The summed E-state index contributed by atoms with van der Waals surface area (Å²) in [6.45, 7) is 3.78. The Bertz CT molecular complexity index is 1010. The minimum absolute atomic E-state index is 0.0374. The SMILES string of the molecule is CC=CC(C)c1c(OC)cc2oc3ccc(O)cc3c(=O)c2c1O. The van der Waals surface area contributed by atoms with E-state index in [0.717, 1.165) is 0 Å². The van der Waals surface area contributed by atoms with Crippen LogP contribution in [0.3, 0.4) is 0 Å². The summed E-state index contributed by atoms with van der Waals surface area (Å²) < 4.78 is 11.1. The van der Waals surface area contributed by atoms with E-state index < -0.39 is 5.43 Å². The number of aromatic hydroxyl groups is 2. The molecular weight excluding hydrogens is 308 g/mol. The van der Waals surface area contributed by atoms with E-state index in [1.807, 2.05) is 26.0 Å². The highest BCUT2D eigenvalue weighted by atomic mass is 16.5. The van der Waals surface area contributed by atoms with E-state index in [4.69, 9.17) is 9.15 Å². The first-order chi connectivity index (χ1) is 11.5. The Hall–Kier alpha value is -2.95. The van der Waals surface area contributed by atoms with Gasteiger partial charge in [-0.15, -0.1) is 0 Å². The quantitative estimate of drug-likeness (QED) is 0.561. The molecule has 0 bridgehead atoms.